The van der Waals surface area contributed by atoms with E-state index in [0.29, 0.717) is 17.1 Å². The number of ether oxygens (including phenoxy) is 2. The first kappa shape index (κ1) is 19.7. The molecule has 4 rings (SSSR count). The molecule has 2 aliphatic rings. The smallest absolute Gasteiger partial charge is 0.305 e. The van der Waals surface area contributed by atoms with Gasteiger partial charge in [-0.05, 0) is 48.7 Å². The van der Waals surface area contributed by atoms with E-state index in [4.69, 9.17) is 9.47 Å². The molecule has 7 nitrogen and oxygen atoms in total. The van der Waals surface area contributed by atoms with Crippen molar-refractivity contribution in [2.24, 2.45) is 0 Å². The number of nitrogens with zero attached hydrogens (tertiary/aromatic N) is 1. The van der Waals surface area contributed by atoms with Crippen molar-refractivity contribution in [1.29, 1.82) is 0 Å². The number of methoxy groups -OCH3 is 1. The predicted octanol–water partition coefficient (Wildman–Crippen LogP) is 3.95. The van der Waals surface area contributed by atoms with E-state index in [2.05, 4.69) is 0 Å². The van der Waals surface area contributed by atoms with E-state index in [1.807, 2.05) is 6.08 Å². The van der Waals surface area contributed by atoms with Crippen LogP contribution in [0.1, 0.15) is 58.0 Å². The second-order valence-corrected chi connectivity index (χ2v) is 7.21. The maximum atomic E-state index is 12.9. The number of amides is 2. The van der Waals surface area contributed by atoms with Crippen molar-refractivity contribution in [1.82, 2.24) is 4.90 Å². The maximum absolute atomic E-state index is 12.9. The van der Waals surface area contributed by atoms with Crippen molar-refractivity contribution in [2.45, 2.75) is 31.7 Å². The van der Waals surface area contributed by atoms with Gasteiger partial charge in [0.25, 0.3) is 11.8 Å². The topological polar surface area (TPSA) is 93.1 Å². The Morgan fingerprint density at radius 2 is 1.80 bits per heavy atom. The monoisotopic (exact) mass is 407 g/mol. The Bertz CT molecular complexity index is 1020. The van der Waals surface area contributed by atoms with E-state index in [9.17, 15) is 19.5 Å². The number of carbonyl (C=O) groups excluding carboxylic acids is 2. The molecule has 2 aromatic rings. The Morgan fingerprint density at radius 3 is 2.37 bits per heavy atom. The summed E-state index contributed by atoms with van der Waals surface area (Å²) in [5.41, 5.74) is 1.04. The van der Waals surface area contributed by atoms with E-state index in [1.54, 1.807) is 42.5 Å². The summed E-state index contributed by atoms with van der Waals surface area (Å²) >= 11 is 0. The molecule has 2 amide bonds. The number of benzene rings is 2. The summed E-state index contributed by atoms with van der Waals surface area (Å²) in [4.78, 5) is 38.5. The molecular formula is C23H21NO6. The first-order chi connectivity index (χ1) is 14.5. The third-order valence-corrected chi connectivity index (χ3v) is 5.32. The Hall–Kier alpha value is -3.61. The van der Waals surface area contributed by atoms with Crippen molar-refractivity contribution in [3.63, 3.8) is 0 Å². The highest BCUT2D eigenvalue weighted by molar-refractivity contribution is 6.21. The van der Waals surface area contributed by atoms with Gasteiger partial charge in [0.15, 0.2) is 11.5 Å². The Kier molecular flexibility index (Phi) is 5.27. The highest BCUT2D eigenvalue weighted by Gasteiger charge is 2.41. The zero-order chi connectivity index (χ0) is 21.3. The molecule has 0 fully saturated rings. The van der Waals surface area contributed by atoms with Crippen LogP contribution in [0.4, 0.5) is 0 Å². The van der Waals surface area contributed by atoms with Gasteiger partial charge in [0, 0.05) is 6.42 Å². The van der Waals surface area contributed by atoms with E-state index in [0.717, 1.165) is 29.9 Å². The lowest BCUT2D eigenvalue weighted by atomic mass is 10.0. The summed E-state index contributed by atoms with van der Waals surface area (Å²) in [5.74, 6) is -0.385. The molecule has 154 valence electrons. The molecule has 1 unspecified atom stereocenters. The zero-order valence-corrected chi connectivity index (χ0v) is 16.5. The fraction of sp³-hybridized carbons (Fsp3) is 0.261. The van der Waals surface area contributed by atoms with Gasteiger partial charge in [-0.3, -0.25) is 19.3 Å². The van der Waals surface area contributed by atoms with Crippen LogP contribution >= 0.6 is 0 Å². The number of carbonyl (C=O) groups is 3. The van der Waals surface area contributed by atoms with E-state index in [-0.39, 0.29) is 11.1 Å². The Balaban J connectivity index is 1.74. The van der Waals surface area contributed by atoms with Crippen molar-refractivity contribution in [2.75, 3.05) is 7.11 Å². The summed E-state index contributed by atoms with van der Waals surface area (Å²) in [6.07, 6.45) is 4.34. The average Bonchev–Trinajstić information content (AvgIpc) is 3.33. The molecule has 0 aromatic heterocycles. The lowest BCUT2D eigenvalue weighted by Gasteiger charge is -2.26. The fourth-order valence-electron chi connectivity index (χ4n) is 3.87. The van der Waals surface area contributed by atoms with Gasteiger partial charge in [0.1, 0.15) is 5.76 Å². The van der Waals surface area contributed by atoms with E-state index in [1.165, 1.54) is 7.11 Å². The number of carboxylic acid groups (broad SMARTS) is 1. The molecule has 7 heteroatoms. The van der Waals surface area contributed by atoms with Crippen LogP contribution in [-0.4, -0.2) is 34.9 Å². The van der Waals surface area contributed by atoms with Crippen LogP contribution in [0.2, 0.25) is 0 Å². The third-order valence-electron chi connectivity index (χ3n) is 5.32. The van der Waals surface area contributed by atoms with Crippen molar-refractivity contribution >= 4 is 17.8 Å². The van der Waals surface area contributed by atoms with Crippen LogP contribution in [0, 0.1) is 0 Å². The molecule has 1 atom stereocenters. The Morgan fingerprint density at radius 1 is 1.10 bits per heavy atom. The second kappa shape index (κ2) is 8.02. The summed E-state index contributed by atoms with van der Waals surface area (Å²) in [7, 11) is 1.52. The first-order valence-corrected chi connectivity index (χ1v) is 9.73. The highest BCUT2D eigenvalue weighted by Crippen LogP contribution is 2.38. The normalized spacial score (nSPS) is 16.3. The number of fused-ring (bicyclic) bond motifs is 1. The molecule has 0 saturated carbocycles. The number of allylic oxidation sites excluding steroid dienone is 2. The summed E-state index contributed by atoms with van der Waals surface area (Å²) in [6.45, 7) is 0. The summed E-state index contributed by atoms with van der Waals surface area (Å²) in [5, 5.41) is 9.48. The number of hydrogen-bond acceptors (Lipinski definition) is 5. The molecule has 2 aromatic carbocycles. The maximum Gasteiger partial charge on any atom is 0.305 e. The molecule has 0 bridgehead atoms. The minimum Gasteiger partial charge on any atom is -0.493 e. The van der Waals surface area contributed by atoms with Crippen LogP contribution in [0.15, 0.2) is 54.3 Å². The number of hydrogen-bond donors (Lipinski definition) is 1. The molecule has 0 saturated heterocycles. The number of imide groups is 1. The Labute approximate surface area is 173 Å². The van der Waals surface area contributed by atoms with Gasteiger partial charge in [0.05, 0.1) is 30.7 Å². The average molecular weight is 407 g/mol. The van der Waals surface area contributed by atoms with Gasteiger partial charge < -0.3 is 14.6 Å². The van der Waals surface area contributed by atoms with Crippen LogP contribution in [0.5, 0.6) is 11.5 Å². The van der Waals surface area contributed by atoms with Crippen LogP contribution in [0.3, 0.4) is 0 Å². The molecule has 1 aliphatic carbocycles. The molecular weight excluding hydrogens is 386 g/mol. The van der Waals surface area contributed by atoms with Crippen LogP contribution < -0.4 is 9.47 Å². The molecule has 0 radical (unpaired) electrons. The third kappa shape index (κ3) is 3.54. The van der Waals surface area contributed by atoms with Gasteiger partial charge in [0.2, 0.25) is 0 Å². The SMILES string of the molecule is COc1ccc(C(CC(=O)O)N2C(=O)c3ccccc3C2=O)cc1OC1=CCCC1. The lowest BCUT2D eigenvalue weighted by Crippen LogP contribution is -2.35. The summed E-state index contributed by atoms with van der Waals surface area (Å²) in [6, 6.07) is 10.5. The molecule has 1 N–H and O–H groups in total. The van der Waals surface area contributed by atoms with Crippen LogP contribution in [-0.2, 0) is 4.79 Å². The van der Waals surface area contributed by atoms with E-state index < -0.39 is 30.2 Å². The molecule has 1 aliphatic heterocycles. The minimum atomic E-state index is -1.12. The van der Waals surface area contributed by atoms with Crippen molar-refractivity contribution < 1.29 is 29.0 Å². The largest absolute Gasteiger partial charge is 0.493 e. The molecule has 1 heterocycles. The minimum absolute atomic E-state index is 0.277. The highest BCUT2D eigenvalue weighted by atomic mass is 16.5. The molecule has 0 spiro atoms. The van der Waals surface area contributed by atoms with Gasteiger partial charge in [-0.15, -0.1) is 0 Å². The van der Waals surface area contributed by atoms with Crippen molar-refractivity contribution in [3.8, 4) is 11.5 Å². The summed E-state index contributed by atoms with van der Waals surface area (Å²) < 4.78 is 11.3. The number of carboxylic acids is 1. The van der Waals surface area contributed by atoms with Gasteiger partial charge >= 0.3 is 5.97 Å². The van der Waals surface area contributed by atoms with Gasteiger partial charge in [-0.1, -0.05) is 18.2 Å². The number of aliphatic carboxylic acids is 1. The zero-order valence-electron chi connectivity index (χ0n) is 16.5. The van der Waals surface area contributed by atoms with Crippen molar-refractivity contribution in [3.05, 3.63) is 71.0 Å². The fourth-order valence-corrected chi connectivity index (χ4v) is 3.87. The van der Waals surface area contributed by atoms with E-state index >= 15 is 0 Å². The lowest BCUT2D eigenvalue weighted by molar-refractivity contribution is -0.138. The van der Waals surface area contributed by atoms with Gasteiger partial charge in [-0.2, -0.15) is 0 Å². The first-order valence-electron chi connectivity index (χ1n) is 9.73. The predicted molar refractivity (Wildman–Crippen MR) is 107 cm³/mol. The standard InChI is InChI=1S/C23H21NO6/c1-29-19-11-10-14(12-20(19)30-15-6-2-3-7-15)18(13-21(25)26)24-22(27)16-8-4-5-9-17(16)23(24)28/h4-6,8-12,18H,2-3,7,13H2,1H3,(H,25,26). The molecule has 30 heavy (non-hydrogen) atoms. The number of rotatable bonds is 7. The van der Waals surface area contributed by atoms with Crippen LogP contribution in [0.25, 0.3) is 0 Å². The van der Waals surface area contributed by atoms with Gasteiger partial charge in [-0.25, -0.2) is 0 Å². The second-order valence-electron chi connectivity index (χ2n) is 7.21. The quantitative estimate of drug-likeness (QED) is 0.699.